The number of fused-ring (bicyclic) bond motifs is 1. The molecule has 1 aromatic heterocycles. The smallest absolute Gasteiger partial charge is 0.338 e. The lowest BCUT2D eigenvalue weighted by atomic mass is 10.1. The summed E-state index contributed by atoms with van der Waals surface area (Å²) in [5.74, 6) is -0.333. The molecule has 0 atom stereocenters. The standard InChI is InChI=1S/C17H13NO2/c19-17(14-8-10-18-11-9-14)20-12-15-6-3-5-13-4-1-2-7-16(13)15/h1-11H,12H2. The Morgan fingerprint density at radius 3 is 2.55 bits per heavy atom. The summed E-state index contributed by atoms with van der Waals surface area (Å²) in [5, 5.41) is 2.25. The zero-order chi connectivity index (χ0) is 13.8. The van der Waals surface area contributed by atoms with Gasteiger partial charge in [-0.25, -0.2) is 4.79 Å². The summed E-state index contributed by atoms with van der Waals surface area (Å²) in [7, 11) is 0. The largest absolute Gasteiger partial charge is 0.457 e. The van der Waals surface area contributed by atoms with E-state index < -0.39 is 0 Å². The first-order valence-corrected chi connectivity index (χ1v) is 6.38. The minimum absolute atomic E-state index is 0.266. The van der Waals surface area contributed by atoms with Crippen molar-refractivity contribution in [1.29, 1.82) is 0 Å². The second kappa shape index (κ2) is 5.53. The number of carbonyl (C=O) groups excluding carboxylic acids is 1. The van der Waals surface area contributed by atoms with Gasteiger partial charge >= 0.3 is 5.97 Å². The molecule has 0 spiro atoms. The lowest BCUT2D eigenvalue weighted by molar-refractivity contribution is 0.0474. The van der Waals surface area contributed by atoms with E-state index in [1.54, 1.807) is 24.5 Å². The first kappa shape index (κ1) is 12.4. The molecule has 20 heavy (non-hydrogen) atoms. The first-order chi connectivity index (χ1) is 9.84. The van der Waals surface area contributed by atoms with E-state index in [0.717, 1.165) is 16.3 Å². The van der Waals surface area contributed by atoms with E-state index in [4.69, 9.17) is 4.74 Å². The monoisotopic (exact) mass is 263 g/mol. The van der Waals surface area contributed by atoms with Gasteiger partial charge in [-0.05, 0) is 28.5 Å². The molecule has 0 fully saturated rings. The molecule has 0 radical (unpaired) electrons. The van der Waals surface area contributed by atoms with E-state index in [1.807, 2.05) is 42.5 Å². The van der Waals surface area contributed by atoms with Gasteiger partial charge in [0.2, 0.25) is 0 Å². The van der Waals surface area contributed by atoms with Crippen LogP contribution < -0.4 is 0 Å². The summed E-state index contributed by atoms with van der Waals surface area (Å²) in [6.07, 6.45) is 3.16. The maximum atomic E-state index is 11.9. The summed E-state index contributed by atoms with van der Waals surface area (Å²) in [6.45, 7) is 0.266. The molecule has 0 aliphatic rings. The number of pyridine rings is 1. The van der Waals surface area contributed by atoms with E-state index >= 15 is 0 Å². The van der Waals surface area contributed by atoms with E-state index in [0.29, 0.717) is 5.56 Å². The topological polar surface area (TPSA) is 39.2 Å². The van der Waals surface area contributed by atoms with E-state index in [-0.39, 0.29) is 12.6 Å². The third-order valence-electron chi connectivity index (χ3n) is 3.15. The van der Waals surface area contributed by atoms with E-state index in [2.05, 4.69) is 4.98 Å². The summed E-state index contributed by atoms with van der Waals surface area (Å²) in [5.41, 5.74) is 1.52. The van der Waals surface area contributed by atoms with Gasteiger partial charge < -0.3 is 4.74 Å². The fourth-order valence-corrected chi connectivity index (χ4v) is 2.13. The summed E-state index contributed by atoms with van der Waals surface area (Å²) in [4.78, 5) is 15.8. The SMILES string of the molecule is O=C(OCc1cccc2ccccc12)c1ccncc1. The molecule has 0 unspecified atom stereocenters. The minimum Gasteiger partial charge on any atom is -0.457 e. The van der Waals surface area contributed by atoms with Crippen LogP contribution in [0.3, 0.4) is 0 Å². The molecule has 0 saturated carbocycles. The van der Waals surface area contributed by atoms with Crippen LogP contribution in [0, 0.1) is 0 Å². The summed E-state index contributed by atoms with van der Waals surface area (Å²) in [6, 6.07) is 17.3. The van der Waals surface area contributed by atoms with Crippen molar-refractivity contribution < 1.29 is 9.53 Å². The number of benzene rings is 2. The van der Waals surface area contributed by atoms with Gasteiger partial charge in [0.1, 0.15) is 6.61 Å². The van der Waals surface area contributed by atoms with Gasteiger partial charge in [-0.3, -0.25) is 4.98 Å². The predicted molar refractivity (Wildman–Crippen MR) is 77.3 cm³/mol. The van der Waals surface area contributed by atoms with Crippen molar-refractivity contribution in [2.24, 2.45) is 0 Å². The van der Waals surface area contributed by atoms with Crippen LogP contribution >= 0.6 is 0 Å². The van der Waals surface area contributed by atoms with Crippen molar-refractivity contribution in [1.82, 2.24) is 4.98 Å². The zero-order valence-electron chi connectivity index (χ0n) is 10.8. The molecule has 98 valence electrons. The number of esters is 1. The molecule has 0 saturated heterocycles. The van der Waals surface area contributed by atoms with Crippen LogP contribution in [-0.4, -0.2) is 11.0 Å². The van der Waals surface area contributed by atoms with Crippen LogP contribution in [0.5, 0.6) is 0 Å². The van der Waals surface area contributed by atoms with Gasteiger partial charge in [0.25, 0.3) is 0 Å². The van der Waals surface area contributed by atoms with Crippen molar-refractivity contribution in [2.75, 3.05) is 0 Å². The van der Waals surface area contributed by atoms with Crippen LogP contribution in [-0.2, 0) is 11.3 Å². The molecular formula is C17H13NO2. The van der Waals surface area contributed by atoms with Gasteiger partial charge in [-0.15, -0.1) is 0 Å². The molecule has 2 aromatic carbocycles. The van der Waals surface area contributed by atoms with Gasteiger partial charge in [0.15, 0.2) is 0 Å². The number of rotatable bonds is 3. The Bertz CT molecular complexity index is 733. The third kappa shape index (κ3) is 2.52. The van der Waals surface area contributed by atoms with Crippen molar-refractivity contribution in [3.63, 3.8) is 0 Å². The minimum atomic E-state index is -0.333. The van der Waals surface area contributed by atoms with Crippen molar-refractivity contribution in [2.45, 2.75) is 6.61 Å². The highest BCUT2D eigenvalue weighted by Gasteiger charge is 2.07. The Labute approximate surface area is 116 Å². The molecule has 3 nitrogen and oxygen atoms in total. The second-order valence-corrected chi connectivity index (χ2v) is 4.45. The fraction of sp³-hybridized carbons (Fsp3) is 0.0588. The Morgan fingerprint density at radius 2 is 1.70 bits per heavy atom. The molecule has 3 aromatic rings. The molecule has 0 bridgehead atoms. The van der Waals surface area contributed by atoms with Gasteiger partial charge in [0.05, 0.1) is 5.56 Å². The predicted octanol–water partition coefficient (Wildman–Crippen LogP) is 3.59. The first-order valence-electron chi connectivity index (χ1n) is 6.38. The molecule has 3 rings (SSSR count). The Balaban J connectivity index is 1.79. The molecular weight excluding hydrogens is 250 g/mol. The Morgan fingerprint density at radius 1 is 0.950 bits per heavy atom. The number of ether oxygens (including phenoxy) is 1. The molecule has 0 N–H and O–H groups in total. The quantitative estimate of drug-likeness (QED) is 0.678. The number of carbonyl (C=O) groups is 1. The average molecular weight is 263 g/mol. The Kier molecular flexibility index (Phi) is 3.42. The summed E-state index contributed by atoms with van der Waals surface area (Å²) >= 11 is 0. The molecule has 1 heterocycles. The van der Waals surface area contributed by atoms with Crippen LogP contribution in [0.2, 0.25) is 0 Å². The lowest BCUT2D eigenvalue weighted by Gasteiger charge is -2.08. The van der Waals surface area contributed by atoms with Crippen molar-refractivity contribution in [3.8, 4) is 0 Å². The van der Waals surface area contributed by atoms with Gasteiger partial charge in [-0.1, -0.05) is 42.5 Å². The normalized spacial score (nSPS) is 10.4. The number of aromatic nitrogens is 1. The molecule has 3 heteroatoms. The lowest BCUT2D eigenvalue weighted by Crippen LogP contribution is -2.05. The highest BCUT2D eigenvalue weighted by atomic mass is 16.5. The maximum Gasteiger partial charge on any atom is 0.338 e. The van der Waals surface area contributed by atoms with Gasteiger partial charge in [0, 0.05) is 12.4 Å². The number of hydrogen-bond donors (Lipinski definition) is 0. The average Bonchev–Trinajstić information content (AvgIpc) is 2.53. The molecule has 0 amide bonds. The summed E-state index contributed by atoms with van der Waals surface area (Å²) < 4.78 is 5.36. The highest BCUT2D eigenvalue weighted by Crippen LogP contribution is 2.19. The van der Waals surface area contributed by atoms with Crippen LogP contribution in [0.25, 0.3) is 10.8 Å². The molecule has 0 aliphatic heterocycles. The maximum absolute atomic E-state index is 11.9. The van der Waals surface area contributed by atoms with E-state index in [9.17, 15) is 4.79 Å². The molecule has 0 aliphatic carbocycles. The zero-order valence-corrected chi connectivity index (χ0v) is 10.8. The third-order valence-corrected chi connectivity index (χ3v) is 3.15. The Hall–Kier alpha value is -2.68. The van der Waals surface area contributed by atoms with Gasteiger partial charge in [-0.2, -0.15) is 0 Å². The highest BCUT2D eigenvalue weighted by molar-refractivity contribution is 5.90. The second-order valence-electron chi connectivity index (χ2n) is 4.45. The van der Waals surface area contributed by atoms with Crippen molar-refractivity contribution in [3.05, 3.63) is 78.1 Å². The van der Waals surface area contributed by atoms with Crippen LogP contribution in [0.1, 0.15) is 15.9 Å². The van der Waals surface area contributed by atoms with Crippen LogP contribution in [0.4, 0.5) is 0 Å². The van der Waals surface area contributed by atoms with Crippen molar-refractivity contribution >= 4 is 16.7 Å². The van der Waals surface area contributed by atoms with Crippen LogP contribution in [0.15, 0.2) is 67.0 Å². The number of nitrogens with zero attached hydrogens (tertiary/aromatic N) is 1. The number of hydrogen-bond acceptors (Lipinski definition) is 3. The fourth-order valence-electron chi connectivity index (χ4n) is 2.13. The van der Waals surface area contributed by atoms with E-state index in [1.165, 1.54) is 0 Å².